The monoisotopic (exact) mass is 470 g/mol. The molecule has 3 rings (SSSR count). The number of rotatable bonds is 8. The molecule has 0 unspecified atom stereocenters. The molecule has 1 heterocycles. The molecule has 30 heavy (non-hydrogen) atoms. The average Bonchev–Trinajstić information content (AvgIpc) is 3.21. The van der Waals surface area contributed by atoms with E-state index in [1.54, 1.807) is 12.1 Å². The third-order valence-electron chi connectivity index (χ3n) is 4.26. The van der Waals surface area contributed by atoms with Gasteiger partial charge in [0.2, 0.25) is 5.91 Å². The number of carbonyl (C=O) groups excluding carboxylic acids is 2. The molecule has 0 aliphatic carbocycles. The van der Waals surface area contributed by atoms with Crippen LogP contribution in [0, 0.1) is 5.92 Å². The molecule has 6 nitrogen and oxygen atoms in total. The maximum absolute atomic E-state index is 12.3. The van der Waals surface area contributed by atoms with E-state index in [2.05, 4.69) is 26.6 Å². The Morgan fingerprint density at radius 3 is 2.53 bits per heavy atom. The zero-order chi connectivity index (χ0) is 21.5. The molecule has 2 amide bonds. The molecule has 3 aromatic rings. The van der Waals surface area contributed by atoms with Gasteiger partial charge in [-0.3, -0.25) is 9.59 Å². The summed E-state index contributed by atoms with van der Waals surface area (Å²) < 4.78 is 12.2. The quantitative estimate of drug-likeness (QED) is 0.477. The Hall–Kier alpha value is -3.06. The Labute approximate surface area is 183 Å². The number of ether oxygens (including phenoxy) is 1. The van der Waals surface area contributed by atoms with Crippen LogP contribution in [0.15, 0.2) is 69.6 Å². The van der Waals surface area contributed by atoms with Crippen molar-refractivity contribution in [3.63, 3.8) is 0 Å². The van der Waals surface area contributed by atoms with E-state index in [-0.39, 0.29) is 30.1 Å². The van der Waals surface area contributed by atoms with E-state index in [1.165, 1.54) is 0 Å². The van der Waals surface area contributed by atoms with E-state index in [0.29, 0.717) is 18.1 Å². The third-order valence-corrected chi connectivity index (χ3v) is 4.75. The highest BCUT2D eigenvalue weighted by Gasteiger charge is 2.12. The van der Waals surface area contributed by atoms with E-state index < -0.39 is 0 Å². The number of hydrogen-bond acceptors (Lipinski definition) is 4. The molecule has 0 aliphatic rings. The van der Waals surface area contributed by atoms with Gasteiger partial charge in [0.05, 0.1) is 0 Å². The van der Waals surface area contributed by atoms with E-state index in [4.69, 9.17) is 9.15 Å². The Balaban J connectivity index is 1.49. The molecule has 1 aromatic heterocycles. The lowest BCUT2D eigenvalue weighted by Crippen LogP contribution is -2.22. The van der Waals surface area contributed by atoms with Gasteiger partial charge in [0.15, 0.2) is 5.76 Å². The van der Waals surface area contributed by atoms with Crippen molar-refractivity contribution in [3.05, 3.63) is 82.2 Å². The minimum absolute atomic E-state index is 0.0337. The third kappa shape index (κ3) is 6.22. The predicted octanol–water partition coefficient (Wildman–Crippen LogP) is 5.15. The molecule has 156 valence electrons. The Morgan fingerprint density at radius 1 is 1.07 bits per heavy atom. The fraction of sp³-hybridized carbons (Fsp3) is 0.217. The molecule has 0 atom stereocenters. The maximum Gasteiger partial charge on any atom is 0.287 e. The van der Waals surface area contributed by atoms with E-state index in [9.17, 15) is 9.59 Å². The molecular formula is C23H23BrN2O4. The van der Waals surface area contributed by atoms with Crippen molar-refractivity contribution in [1.29, 1.82) is 0 Å². The van der Waals surface area contributed by atoms with Gasteiger partial charge in [-0.25, -0.2) is 0 Å². The van der Waals surface area contributed by atoms with Crippen LogP contribution in [-0.2, 0) is 17.9 Å². The zero-order valence-electron chi connectivity index (χ0n) is 16.8. The van der Waals surface area contributed by atoms with Crippen LogP contribution in [0.2, 0.25) is 0 Å². The summed E-state index contributed by atoms with van der Waals surface area (Å²) >= 11 is 3.39. The Morgan fingerprint density at radius 2 is 1.83 bits per heavy atom. The molecule has 0 radical (unpaired) electrons. The standard InChI is InChI=1S/C23H23BrN2O4/c1-15(2)22(27)26-18-8-6-16(7-9-18)13-25-23(28)21-11-10-20(30-21)14-29-19-5-3-4-17(24)12-19/h3-12,15H,13-14H2,1-2H3,(H,25,28)(H,26,27). The van der Waals surface area contributed by atoms with Gasteiger partial charge in [0.25, 0.3) is 5.91 Å². The molecule has 0 bridgehead atoms. The lowest BCUT2D eigenvalue weighted by molar-refractivity contribution is -0.118. The van der Waals surface area contributed by atoms with Crippen LogP contribution < -0.4 is 15.4 Å². The molecule has 7 heteroatoms. The highest BCUT2D eigenvalue weighted by molar-refractivity contribution is 9.10. The molecule has 2 aromatic carbocycles. The van der Waals surface area contributed by atoms with Crippen LogP contribution in [0.3, 0.4) is 0 Å². The SMILES string of the molecule is CC(C)C(=O)Nc1ccc(CNC(=O)c2ccc(COc3cccc(Br)c3)o2)cc1. The van der Waals surface area contributed by atoms with Crippen LogP contribution in [0.5, 0.6) is 5.75 Å². The first kappa shape index (κ1) is 21.6. The van der Waals surface area contributed by atoms with Crippen molar-refractivity contribution < 1.29 is 18.7 Å². The smallest absolute Gasteiger partial charge is 0.287 e. The van der Waals surface area contributed by atoms with Crippen molar-refractivity contribution in [2.24, 2.45) is 5.92 Å². The predicted molar refractivity (Wildman–Crippen MR) is 118 cm³/mol. The second kappa shape index (κ2) is 10.1. The van der Waals surface area contributed by atoms with Crippen molar-refractivity contribution >= 4 is 33.4 Å². The number of carbonyl (C=O) groups is 2. The van der Waals surface area contributed by atoms with Crippen molar-refractivity contribution in [2.45, 2.75) is 27.0 Å². The summed E-state index contributed by atoms with van der Waals surface area (Å²) in [6.07, 6.45) is 0. The molecular weight excluding hydrogens is 448 g/mol. The second-order valence-corrected chi connectivity index (χ2v) is 7.95. The number of amides is 2. The molecule has 2 N–H and O–H groups in total. The number of nitrogens with one attached hydrogen (secondary N) is 2. The van der Waals surface area contributed by atoms with Crippen molar-refractivity contribution in [1.82, 2.24) is 5.32 Å². The average molecular weight is 471 g/mol. The minimum Gasteiger partial charge on any atom is -0.486 e. The lowest BCUT2D eigenvalue weighted by Gasteiger charge is -2.09. The van der Waals surface area contributed by atoms with Gasteiger partial charge in [0, 0.05) is 22.6 Å². The van der Waals surface area contributed by atoms with Crippen LogP contribution in [0.1, 0.15) is 35.7 Å². The van der Waals surface area contributed by atoms with Crippen molar-refractivity contribution in [3.8, 4) is 5.75 Å². The first-order chi connectivity index (χ1) is 14.4. The molecule has 0 saturated heterocycles. The fourth-order valence-electron chi connectivity index (χ4n) is 2.55. The zero-order valence-corrected chi connectivity index (χ0v) is 18.4. The van der Waals surface area contributed by atoms with E-state index in [1.807, 2.05) is 62.4 Å². The number of hydrogen-bond donors (Lipinski definition) is 2. The van der Waals surface area contributed by atoms with Crippen LogP contribution >= 0.6 is 15.9 Å². The van der Waals surface area contributed by atoms with Gasteiger partial charge in [-0.15, -0.1) is 0 Å². The van der Waals surface area contributed by atoms with Crippen LogP contribution in [0.4, 0.5) is 5.69 Å². The number of anilines is 1. The van der Waals surface area contributed by atoms with Gasteiger partial charge in [0.1, 0.15) is 18.1 Å². The highest BCUT2D eigenvalue weighted by Crippen LogP contribution is 2.19. The second-order valence-electron chi connectivity index (χ2n) is 7.04. The normalized spacial score (nSPS) is 10.7. The first-order valence-corrected chi connectivity index (χ1v) is 10.3. The van der Waals surface area contributed by atoms with Crippen LogP contribution in [-0.4, -0.2) is 11.8 Å². The first-order valence-electron chi connectivity index (χ1n) is 9.56. The molecule has 0 aliphatic heterocycles. The van der Waals surface area contributed by atoms with Crippen molar-refractivity contribution in [2.75, 3.05) is 5.32 Å². The lowest BCUT2D eigenvalue weighted by atomic mass is 10.1. The fourth-order valence-corrected chi connectivity index (χ4v) is 2.93. The van der Waals surface area contributed by atoms with Gasteiger partial charge in [-0.1, -0.05) is 48.0 Å². The highest BCUT2D eigenvalue weighted by atomic mass is 79.9. The van der Waals surface area contributed by atoms with E-state index in [0.717, 1.165) is 15.7 Å². The largest absolute Gasteiger partial charge is 0.486 e. The summed E-state index contributed by atoms with van der Waals surface area (Å²) in [6, 6.07) is 18.2. The topological polar surface area (TPSA) is 80.6 Å². The Bertz CT molecular complexity index is 1010. The molecule has 0 saturated carbocycles. The minimum atomic E-state index is -0.305. The number of benzene rings is 2. The summed E-state index contributed by atoms with van der Waals surface area (Å²) in [5.41, 5.74) is 1.64. The molecule has 0 spiro atoms. The summed E-state index contributed by atoms with van der Waals surface area (Å²) in [5.74, 6) is 1.07. The summed E-state index contributed by atoms with van der Waals surface area (Å²) in [5, 5.41) is 5.65. The van der Waals surface area contributed by atoms with Gasteiger partial charge in [-0.05, 0) is 48.0 Å². The maximum atomic E-state index is 12.3. The van der Waals surface area contributed by atoms with E-state index >= 15 is 0 Å². The summed E-state index contributed by atoms with van der Waals surface area (Å²) in [7, 11) is 0. The number of furan rings is 1. The van der Waals surface area contributed by atoms with Gasteiger partial charge in [-0.2, -0.15) is 0 Å². The van der Waals surface area contributed by atoms with Gasteiger partial charge >= 0.3 is 0 Å². The summed E-state index contributed by atoms with van der Waals surface area (Å²) in [4.78, 5) is 24.1. The molecule has 0 fully saturated rings. The number of halogens is 1. The summed E-state index contributed by atoms with van der Waals surface area (Å²) in [6.45, 7) is 4.26. The van der Waals surface area contributed by atoms with Gasteiger partial charge < -0.3 is 19.8 Å². The Kier molecular flexibility index (Phi) is 7.30. The van der Waals surface area contributed by atoms with Crippen LogP contribution in [0.25, 0.3) is 0 Å².